The lowest BCUT2D eigenvalue weighted by Gasteiger charge is -2.43. The first-order valence-electron chi connectivity index (χ1n) is 12.4. The lowest BCUT2D eigenvalue weighted by molar-refractivity contribution is -0.174. The monoisotopic (exact) mass is 419 g/mol. The highest BCUT2D eigenvalue weighted by molar-refractivity contribution is 5.88. The number of nitriles is 1. The second-order valence-corrected chi connectivity index (χ2v) is 9.20. The zero-order valence-corrected chi connectivity index (χ0v) is 19.1. The van der Waals surface area contributed by atoms with Gasteiger partial charge in [-0.15, -0.1) is 0 Å². The number of hydrogen-bond acceptors (Lipinski definition) is 5. The van der Waals surface area contributed by atoms with Crippen molar-refractivity contribution in [3.63, 3.8) is 0 Å². The van der Waals surface area contributed by atoms with Crippen LogP contribution in [0.15, 0.2) is 0 Å². The van der Waals surface area contributed by atoms with E-state index in [1.807, 2.05) is 6.92 Å². The molecule has 5 nitrogen and oxygen atoms in total. The summed E-state index contributed by atoms with van der Waals surface area (Å²) in [6, 6.07) is 2.41. The van der Waals surface area contributed by atoms with Crippen LogP contribution in [0, 0.1) is 34.5 Å². The Morgan fingerprint density at radius 1 is 0.900 bits per heavy atom. The van der Waals surface area contributed by atoms with Crippen LogP contribution in [0.4, 0.5) is 0 Å². The van der Waals surface area contributed by atoms with Crippen molar-refractivity contribution in [3.8, 4) is 6.07 Å². The van der Waals surface area contributed by atoms with Crippen LogP contribution in [0.25, 0.3) is 0 Å². The lowest BCUT2D eigenvalue weighted by Crippen LogP contribution is -2.52. The van der Waals surface area contributed by atoms with Crippen molar-refractivity contribution < 1.29 is 19.1 Å². The molecule has 5 heteroatoms. The number of nitrogens with zero attached hydrogens (tertiary/aromatic N) is 1. The zero-order chi connectivity index (χ0) is 21.8. The van der Waals surface area contributed by atoms with Crippen LogP contribution in [-0.4, -0.2) is 25.2 Å². The van der Waals surface area contributed by atoms with E-state index >= 15 is 0 Å². The molecule has 0 amide bonds. The van der Waals surface area contributed by atoms with E-state index in [4.69, 9.17) is 9.47 Å². The third kappa shape index (κ3) is 5.99. The van der Waals surface area contributed by atoms with Gasteiger partial charge in [0.2, 0.25) is 0 Å². The van der Waals surface area contributed by atoms with Crippen LogP contribution in [0.3, 0.4) is 0 Å². The van der Waals surface area contributed by atoms with Crippen molar-refractivity contribution in [1.82, 2.24) is 0 Å². The van der Waals surface area contributed by atoms with E-state index in [0.29, 0.717) is 13.2 Å². The first kappa shape index (κ1) is 24.7. The molecule has 2 fully saturated rings. The molecule has 0 aromatic carbocycles. The molecule has 0 bridgehead atoms. The van der Waals surface area contributed by atoms with Crippen molar-refractivity contribution in [2.45, 2.75) is 104 Å². The molecular weight excluding hydrogens is 378 g/mol. The van der Waals surface area contributed by atoms with Gasteiger partial charge in [-0.2, -0.15) is 5.26 Å². The molecule has 0 spiro atoms. The number of rotatable bonds is 11. The van der Waals surface area contributed by atoms with E-state index in [1.165, 1.54) is 0 Å². The van der Waals surface area contributed by atoms with E-state index in [9.17, 15) is 14.9 Å². The Hall–Kier alpha value is -1.57. The van der Waals surface area contributed by atoms with Crippen LogP contribution >= 0.6 is 0 Å². The van der Waals surface area contributed by atoms with Crippen LogP contribution in [0.2, 0.25) is 0 Å². The topological polar surface area (TPSA) is 76.4 Å². The number of carbonyl (C=O) groups excluding carboxylic acids is 2. The van der Waals surface area contributed by atoms with E-state index in [0.717, 1.165) is 89.9 Å². The van der Waals surface area contributed by atoms with E-state index < -0.39 is 17.3 Å². The average Bonchev–Trinajstić information content (AvgIpc) is 2.78. The van der Waals surface area contributed by atoms with Gasteiger partial charge in [0, 0.05) is 0 Å². The van der Waals surface area contributed by atoms with Crippen LogP contribution in [0.1, 0.15) is 104 Å². The fourth-order valence-electron chi connectivity index (χ4n) is 5.37. The fraction of sp³-hybridized carbons (Fsp3) is 0.880. The number of hydrogen-bond donors (Lipinski definition) is 0. The molecule has 0 aromatic heterocycles. The highest BCUT2D eigenvalue weighted by Crippen LogP contribution is 2.50. The Kier molecular flexibility index (Phi) is 10.7. The predicted octanol–water partition coefficient (Wildman–Crippen LogP) is 5.96. The Balaban J connectivity index is 2.41. The molecule has 2 aliphatic carbocycles. The first-order chi connectivity index (χ1) is 14.6. The van der Waals surface area contributed by atoms with Gasteiger partial charge in [-0.3, -0.25) is 9.59 Å². The lowest BCUT2D eigenvalue weighted by atomic mass is 9.57. The smallest absolute Gasteiger partial charge is 0.327 e. The summed E-state index contributed by atoms with van der Waals surface area (Å²) in [7, 11) is 0. The second-order valence-electron chi connectivity index (χ2n) is 9.20. The Labute approximate surface area is 182 Å². The molecule has 2 atom stereocenters. The van der Waals surface area contributed by atoms with Gasteiger partial charge in [0.15, 0.2) is 5.41 Å². The first-order valence-corrected chi connectivity index (χ1v) is 12.4. The Morgan fingerprint density at radius 3 is 1.97 bits per heavy atom. The maximum atomic E-state index is 13.5. The van der Waals surface area contributed by atoms with Crippen molar-refractivity contribution in [2.24, 2.45) is 23.2 Å². The molecule has 2 saturated carbocycles. The van der Waals surface area contributed by atoms with E-state index in [-0.39, 0.29) is 17.8 Å². The zero-order valence-electron chi connectivity index (χ0n) is 19.1. The molecule has 0 saturated heterocycles. The van der Waals surface area contributed by atoms with Gasteiger partial charge >= 0.3 is 11.9 Å². The van der Waals surface area contributed by atoms with Crippen molar-refractivity contribution >= 4 is 11.9 Å². The summed E-state index contributed by atoms with van der Waals surface area (Å²) in [4.78, 5) is 27.0. The molecule has 2 unspecified atom stereocenters. The van der Waals surface area contributed by atoms with Crippen LogP contribution < -0.4 is 0 Å². The van der Waals surface area contributed by atoms with Gasteiger partial charge in [0.25, 0.3) is 0 Å². The number of ether oxygens (including phenoxy) is 2. The summed E-state index contributed by atoms with van der Waals surface area (Å²) in [5.41, 5.74) is -1.42. The van der Waals surface area contributed by atoms with Crippen LogP contribution in [0.5, 0.6) is 0 Å². The fourth-order valence-corrected chi connectivity index (χ4v) is 5.37. The van der Waals surface area contributed by atoms with Crippen molar-refractivity contribution in [2.75, 3.05) is 13.2 Å². The third-order valence-corrected chi connectivity index (χ3v) is 7.11. The van der Waals surface area contributed by atoms with Gasteiger partial charge < -0.3 is 9.47 Å². The predicted molar refractivity (Wildman–Crippen MR) is 116 cm³/mol. The quantitative estimate of drug-likeness (QED) is 0.305. The standard InChI is InChI=1S/C25H41NO4/c1-3-5-17-29-23(27)22(20-13-9-7-10-14-20)25(19-26,21-15-11-8-12-16-21)24(28)30-18-6-4-2/h20-22H,3-18H2,1-2H3. The van der Waals surface area contributed by atoms with Gasteiger partial charge in [-0.05, 0) is 50.4 Å². The molecule has 0 N–H and O–H groups in total. The summed E-state index contributed by atoms with van der Waals surface area (Å²) < 4.78 is 11.3. The molecule has 2 aliphatic rings. The molecule has 0 heterocycles. The van der Waals surface area contributed by atoms with Crippen molar-refractivity contribution in [1.29, 1.82) is 5.26 Å². The van der Waals surface area contributed by atoms with E-state index in [2.05, 4.69) is 13.0 Å². The van der Waals surface area contributed by atoms with Gasteiger partial charge in [0.05, 0.1) is 25.2 Å². The summed E-state index contributed by atoms with van der Waals surface area (Å²) in [6.45, 7) is 4.77. The largest absolute Gasteiger partial charge is 0.465 e. The highest BCUT2D eigenvalue weighted by Gasteiger charge is 2.59. The molecule has 2 rings (SSSR count). The minimum absolute atomic E-state index is 0.0215. The van der Waals surface area contributed by atoms with E-state index in [1.54, 1.807) is 0 Å². The van der Waals surface area contributed by atoms with Gasteiger partial charge in [0.1, 0.15) is 0 Å². The summed E-state index contributed by atoms with van der Waals surface area (Å²) in [6.07, 6.45) is 13.2. The maximum absolute atomic E-state index is 13.5. The van der Waals surface area contributed by atoms with Crippen LogP contribution in [-0.2, 0) is 19.1 Å². The minimum Gasteiger partial charge on any atom is -0.465 e. The number of esters is 2. The number of carbonyl (C=O) groups is 2. The average molecular weight is 420 g/mol. The van der Waals surface area contributed by atoms with Gasteiger partial charge in [-0.1, -0.05) is 65.2 Å². The third-order valence-electron chi connectivity index (χ3n) is 7.11. The molecule has 30 heavy (non-hydrogen) atoms. The minimum atomic E-state index is -1.42. The molecule has 170 valence electrons. The second kappa shape index (κ2) is 13.0. The molecular formula is C25H41NO4. The normalized spacial score (nSPS) is 21.2. The molecule has 0 aliphatic heterocycles. The number of unbranched alkanes of at least 4 members (excludes halogenated alkanes) is 2. The summed E-state index contributed by atoms with van der Waals surface area (Å²) >= 11 is 0. The Morgan fingerprint density at radius 2 is 1.43 bits per heavy atom. The van der Waals surface area contributed by atoms with Gasteiger partial charge in [-0.25, -0.2) is 0 Å². The molecule has 0 aromatic rings. The highest BCUT2D eigenvalue weighted by atomic mass is 16.5. The SMILES string of the molecule is CCCCOC(=O)C(C1CCCCC1)C(C#N)(C(=O)OCCCC)C1CCCCC1. The Bertz CT molecular complexity index is 572. The summed E-state index contributed by atoms with van der Waals surface area (Å²) in [5, 5.41) is 10.5. The summed E-state index contributed by atoms with van der Waals surface area (Å²) in [5.74, 6) is -1.65. The maximum Gasteiger partial charge on any atom is 0.327 e. The van der Waals surface area contributed by atoms with Crippen molar-refractivity contribution in [3.05, 3.63) is 0 Å². The molecule has 0 radical (unpaired) electrons.